The molecule has 0 aromatic rings. The molecule has 70 valence electrons. The van der Waals surface area contributed by atoms with E-state index in [9.17, 15) is 4.79 Å². The van der Waals surface area contributed by atoms with Gasteiger partial charge in [0, 0.05) is 13.1 Å². The van der Waals surface area contributed by atoms with Crippen molar-refractivity contribution in [2.75, 3.05) is 13.1 Å². The maximum atomic E-state index is 11.6. The molecular weight excluding hydrogens is 354 g/mol. The molecule has 0 bridgehead atoms. The molecule has 0 atom stereocenters. The predicted molar refractivity (Wildman–Crippen MR) is 59.9 cm³/mol. The van der Waals surface area contributed by atoms with Gasteiger partial charge in [0.15, 0.2) is 0 Å². The van der Waals surface area contributed by atoms with Gasteiger partial charge < -0.3 is 4.90 Å². The molecular formula is C7H10Br3NO. The fourth-order valence-corrected chi connectivity index (χ4v) is 2.03. The molecule has 0 unspecified atom stereocenters. The van der Waals surface area contributed by atoms with Crippen LogP contribution in [0.25, 0.3) is 0 Å². The first kappa shape index (κ1) is 11.0. The van der Waals surface area contributed by atoms with E-state index in [-0.39, 0.29) is 5.91 Å². The number of carbonyl (C=O) groups is 1. The summed E-state index contributed by atoms with van der Waals surface area (Å²) < 4.78 is -0.760. The number of nitrogens with zero attached hydrogens (tertiary/aromatic N) is 1. The van der Waals surface area contributed by atoms with Crippen molar-refractivity contribution in [3.8, 4) is 0 Å². The van der Waals surface area contributed by atoms with Crippen LogP contribution >= 0.6 is 47.8 Å². The maximum absolute atomic E-state index is 11.6. The summed E-state index contributed by atoms with van der Waals surface area (Å²) in [6.07, 6.45) is 3.48. The minimum atomic E-state index is -0.760. The number of carbonyl (C=O) groups excluding carboxylic acids is 1. The van der Waals surface area contributed by atoms with E-state index in [1.54, 1.807) is 0 Å². The molecule has 1 aliphatic rings. The molecule has 0 aromatic heterocycles. The lowest BCUT2D eigenvalue weighted by atomic mass is 10.1. The van der Waals surface area contributed by atoms with Crippen molar-refractivity contribution in [2.24, 2.45) is 0 Å². The second kappa shape index (κ2) is 4.42. The Morgan fingerprint density at radius 2 is 1.58 bits per heavy atom. The van der Waals surface area contributed by atoms with Crippen molar-refractivity contribution in [2.45, 2.75) is 21.4 Å². The topological polar surface area (TPSA) is 20.3 Å². The number of likely N-dealkylation sites (tertiary alicyclic amines) is 1. The molecule has 1 saturated heterocycles. The smallest absolute Gasteiger partial charge is 0.261 e. The van der Waals surface area contributed by atoms with E-state index in [1.165, 1.54) is 6.42 Å². The van der Waals surface area contributed by atoms with E-state index in [0.29, 0.717) is 0 Å². The summed E-state index contributed by atoms with van der Waals surface area (Å²) in [7, 11) is 0. The molecule has 1 fully saturated rings. The summed E-state index contributed by atoms with van der Waals surface area (Å²) in [5.41, 5.74) is 0. The van der Waals surface area contributed by atoms with Crippen LogP contribution in [0.4, 0.5) is 0 Å². The Morgan fingerprint density at radius 3 is 2.00 bits per heavy atom. The van der Waals surface area contributed by atoms with E-state index in [4.69, 9.17) is 0 Å². The van der Waals surface area contributed by atoms with Crippen molar-refractivity contribution in [3.63, 3.8) is 0 Å². The zero-order chi connectivity index (χ0) is 9.19. The molecule has 0 saturated carbocycles. The number of hydrogen-bond donors (Lipinski definition) is 0. The van der Waals surface area contributed by atoms with Gasteiger partial charge in [0.1, 0.15) is 0 Å². The van der Waals surface area contributed by atoms with Gasteiger partial charge in [-0.15, -0.1) is 0 Å². The Kier molecular flexibility index (Phi) is 4.05. The summed E-state index contributed by atoms with van der Waals surface area (Å²) in [5.74, 6) is 0.0576. The van der Waals surface area contributed by atoms with Crippen LogP contribution in [0.3, 0.4) is 0 Å². The van der Waals surface area contributed by atoms with Gasteiger partial charge in [0.05, 0.1) is 0 Å². The number of rotatable bonds is 0. The monoisotopic (exact) mass is 361 g/mol. The lowest BCUT2D eigenvalue weighted by Gasteiger charge is -2.29. The molecule has 5 heteroatoms. The van der Waals surface area contributed by atoms with Gasteiger partial charge >= 0.3 is 0 Å². The van der Waals surface area contributed by atoms with Crippen molar-refractivity contribution in [1.29, 1.82) is 0 Å². The van der Waals surface area contributed by atoms with Crippen LogP contribution in [0.1, 0.15) is 19.3 Å². The normalized spacial score (nSPS) is 19.4. The largest absolute Gasteiger partial charge is 0.340 e. The lowest BCUT2D eigenvalue weighted by Crippen LogP contribution is -2.41. The van der Waals surface area contributed by atoms with Crippen molar-refractivity contribution >= 4 is 53.7 Å². The minimum absolute atomic E-state index is 0.0576. The molecule has 1 aliphatic heterocycles. The summed E-state index contributed by atoms with van der Waals surface area (Å²) in [6, 6.07) is 0. The summed E-state index contributed by atoms with van der Waals surface area (Å²) >= 11 is 9.66. The van der Waals surface area contributed by atoms with Crippen LogP contribution in [0.5, 0.6) is 0 Å². The Labute approximate surface area is 97.4 Å². The lowest BCUT2D eigenvalue weighted by molar-refractivity contribution is -0.130. The number of alkyl halides is 3. The van der Waals surface area contributed by atoms with Crippen molar-refractivity contribution in [3.05, 3.63) is 0 Å². The van der Waals surface area contributed by atoms with Crippen LogP contribution in [0, 0.1) is 0 Å². The van der Waals surface area contributed by atoms with Crippen LogP contribution in [-0.4, -0.2) is 26.0 Å². The number of amides is 1. The van der Waals surface area contributed by atoms with E-state index in [0.717, 1.165) is 25.9 Å². The first-order chi connectivity index (χ1) is 5.52. The average Bonchev–Trinajstić information content (AvgIpc) is 2.03. The van der Waals surface area contributed by atoms with E-state index in [1.807, 2.05) is 4.90 Å². The fraction of sp³-hybridized carbons (Fsp3) is 0.857. The second-order valence-electron chi connectivity index (χ2n) is 2.85. The van der Waals surface area contributed by atoms with Crippen molar-refractivity contribution < 1.29 is 4.79 Å². The van der Waals surface area contributed by atoms with E-state index < -0.39 is 2.14 Å². The van der Waals surface area contributed by atoms with E-state index >= 15 is 0 Å². The standard InChI is InChI=1S/C7H10Br3NO/c8-7(9,10)6(12)11-4-2-1-3-5-11/h1-5H2. The molecule has 1 amide bonds. The third kappa shape index (κ3) is 3.00. The van der Waals surface area contributed by atoms with Crippen LogP contribution < -0.4 is 0 Å². The quantitative estimate of drug-likeness (QED) is 0.606. The molecule has 0 N–H and O–H groups in total. The van der Waals surface area contributed by atoms with Gasteiger partial charge in [-0.1, -0.05) is 0 Å². The van der Waals surface area contributed by atoms with Gasteiger partial charge in [-0.3, -0.25) is 4.79 Å². The molecule has 0 aliphatic carbocycles. The highest BCUT2D eigenvalue weighted by Gasteiger charge is 2.33. The Hall–Kier alpha value is 0.910. The highest BCUT2D eigenvalue weighted by Crippen LogP contribution is 2.36. The number of piperidine rings is 1. The van der Waals surface area contributed by atoms with Crippen LogP contribution in [0.2, 0.25) is 0 Å². The fourth-order valence-electron chi connectivity index (χ4n) is 1.28. The van der Waals surface area contributed by atoms with E-state index in [2.05, 4.69) is 47.8 Å². The maximum Gasteiger partial charge on any atom is 0.261 e. The number of hydrogen-bond acceptors (Lipinski definition) is 1. The van der Waals surface area contributed by atoms with Gasteiger partial charge in [-0.2, -0.15) is 0 Å². The molecule has 0 aromatic carbocycles. The van der Waals surface area contributed by atoms with Crippen molar-refractivity contribution in [1.82, 2.24) is 4.90 Å². The average molecular weight is 364 g/mol. The second-order valence-corrected chi connectivity index (χ2v) is 9.61. The molecule has 2 nitrogen and oxygen atoms in total. The molecule has 0 spiro atoms. The molecule has 1 rings (SSSR count). The first-order valence-corrected chi connectivity index (χ1v) is 6.26. The summed E-state index contributed by atoms with van der Waals surface area (Å²) in [4.78, 5) is 13.5. The first-order valence-electron chi connectivity index (χ1n) is 3.88. The number of halogens is 3. The summed E-state index contributed by atoms with van der Waals surface area (Å²) in [5, 5.41) is 0. The molecule has 0 radical (unpaired) electrons. The SMILES string of the molecule is O=C(N1CCCCC1)C(Br)(Br)Br. The molecule has 12 heavy (non-hydrogen) atoms. The highest BCUT2D eigenvalue weighted by molar-refractivity contribution is 9.40. The van der Waals surface area contributed by atoms with Gasteiger partial charge in [0.25, 0.3) is 5.91 Å². The minimum Gasteiger partial charge on any atom is -0.340 e. The van der Waals surface area contributed by atoms with Gasteiger partial charge in [-0.05, 0) is 67.1 Å². The Balaban J connectivity index is 2.51. The van der Waals surface area contributed by atoms with Crippen LogP contribution in [0.15, 0.2) is 0 Å². The third-order valence-electron chi connectivity index (χ3n) is 1.89. The highest BCUT2D eigenvalue weighted by atomic mass is 80.0. The molecule has 1 heterocycles. The third-order valence-corrected chi connectivity index (χ3v) is 2.90. The zero-order valence-corrected chi connectivity index (χ0v) is 11.3. The predicted octanol–water partition coefficient (Wildman–Crippen LogP) is 2.84. The van der Waals surface area contributed by atoms with Gasteiger partial charge in [0.2, 0.25) is 2.14 Å². The summed E-state index contributed by atoms with van der Waals surface area (Å²) in [6.45, 7) is 1.76. The van der Waals surface area contributed by atoms with Crippen LogP contribution in [-0.2, 0) is 4.79 Å². The zero-order valence-electron chi connectivity index (χ0n) is 6.52. The Bertz CT molecular complexity index is 172. The van der Waals surface area contributed by atoms with Gasteiger partial charge in [-0.25, -0.2) is 0 Å². The Morgan fingerprint density at radius 1 is 1.08 bits per heavy atom.